The lowest BCUT2D eigenvalue weighted by Crippen LogP contribution is -2.05. The lowest BCUT2D eigenvalue weighted by atomic mass is 10.3. The van der Waals surface area contributed by atoms with Crippen molar-refractivity contribution in [2.24, 2.45) is 0 Å². The summed E-state index contributed by atoms with van der Waals surface area (Å²) >= 11 is 0. The Balaban J connectivity index is 3.08. The molecule has 0 aromatic heterocycles. The van der Waals surface area contributed by atoms with Crippen LogP contribution in [0.15, 0.2) is 23.1 Å². The highest BCUT2D eigenvalue weighted by atomic mass is 32.2. The molecule has 0 amide bonds. The molecule has 0 bridgehead atoms. The summed E-state index contributed by atoms with van der Waals surface area (Å²) in [6.07, 6.45) is 0.866. The van der Waals surface area contributed by atoms with Crippen LogP contribution >= 0.6 is 0 Å². The van der Waals surface area contributed by atoms with Crippen molar-refractivity contribution >= 4 is 15.5 Å². The molecule has 0 saturated heterocycles. The number of anilines is 1. The average molecular weight is 243 g/mol. The minimum atomic E-state index is -3.23. The van der Waals surface area contributed by atoms with Crippen LogP contribution in [0.1, 0.15) is 20.3 Å². The van der Waals surface area contributed by atoms with E-state index in [0.29, 0.717) is 18.0 Å². The monoisotopic (exact) mass is 243 g/mol. The van der Waals surface area contributed by atoms with Crippen molar-refractivity contribution in [1.82, 2.24) is 0 Å². The van der Waals surface area contributed by atoms with Gasteiger partial charge >= 0.3 is 0 Å². The molecule has 4 nitrogen and oxygen atoms in total. The summed E-state index contributed by atoms with van der Waals surface area (Å²) in [5, 5.41) is 0. The van der Waals surface area contributed by atoms with Gasteiger partial charge in [-0.3, -0.25) is 0 Å². The lowest BCUT2D eigenvalue weighted by molar-refractivity contribution is 0.317. The second kappa shape index (κ2) is 5.21. The number of ether oxygens (including phenoxy) is 1. The Hall–Kier alpha value is -1.23. The molecule has 0 saturated carbocycles. The van der Waals surface area contributed by atoms with Crippen molar-refractivity contribution < 1.29 is 13.2 Å². The van der Waals surface area contributed by atoms with Crippen molar-refractivity contribution in [1.29, 1.82) is 0 Å². The summed E-state index contributed by atoms with van der Waals surface area (Å²) in [4.78, 5) is 0.223. The summed E-state index contributed by atoms with van der Waals surface area (Å²) in [6.45, 7) is 4.14. The Labute approximate surface area is 96.3 Å². The lowest BCUT2D eigenvalue weighted by Gasteiger charge is -2.08. The third-order valence-electron chi connectivity index (χ3n) is 2.11. The van der Waals surface area contributed by atoms with Gasteiger partial charge in [-0.1, -0.05) is 13.8 Å². The van der Waals surface area contributed by atoms with Crippen molar-refractivity contribution in [3.05, 3.63) is 18.2 Å². The highest BCUT2D eigenvalue weighted by Gasteiger charge is 2.13. The first-order valence-electron chi connectivity index (χ1n) is 5.25. The molecule has 1 aromatic carbocycles. The van der Waals surface area contributed by atoms with E-state index in [2.05, 4.69) is 0 Å². The molecule has 2 N–H and O–H groups in total. The number of sulfone groups is 1. The van der Waals surface area contributed by atoms with Crippen LogP contribution in [0.4, 0.5) is 5.69 Å². The summed E-state index contributed by atoms with van der Waals surface area (Å²) in [5.74, 6) is 0.567. The highest BCUT2D eigenvalue weighted by Crippen LogP contribution is 2.23. The average Bonchev–Trinajstić information content (AvgIpc) is 2.25. The van der Waals surface area contributed by atoms with Crippen molar-refractivity contribution in [2.75, 3.05) is 18.1 Å². The largest absolute Gasteiger partial charge is 0.493 e. The molecule has 16 heavy (non-hydrogen) atoms. The van der Waals surface area contributed by atoms with Gasteiger partial charge in [0.1, 0.15) is 5.75 Å². The van der Waals surface area contributed by atoms with Gasteiger partial charge in [-0.25, -0.2) is 8.42 Å². The molecule has 0 atom stereocenters. The second-order valence-corrected chi connectivity index (χ2v) is 5.77. The Bertz CT molecular complexity index is 454. The Morgan fingerprint density at radius 1 is 1.25 bits per heavy atom. The van der Waals surface area contributed by atoms with Crippen molar-refractivity contribution in [3.8, 4) is 5.75 Å². The summed E-state index contributed by atoms with van der Waals surface area (Å²) < 4.78 is 28.7. The van der Waals surface area contributed by atoms with Crippen molar-refractivity contribution in [2.45, 2.75) is 25.2 Å². The van der Waals surface area contributed by atoms with E-state index >= 15 is 0 Å². The fourth-order valence-corrected chi connectivity index (χ4v) is 2.19. The van der Waals surface area contributed by atoms with Gasteiger partial charge in [-0.2, -0.15) is 0 Å². The number of rotatable bonds is 5. The molecule has 0 radical (unpaired) electrons. The van der Waals surface area contributed by atoms with Gasteiger partial charge in [-0.05, 0) is 18.6 Å². The van der Waals surface area contributed by atoms with E-state index in [1.807, 2.05) is 6.92 Å². The third kappa shape index (κ3) is 3.13. The molecule has 0 unspecified atom stereocenters. The maximum Gasteiger partial charge on any atom is 0.178 e. The van der Waals surface area contributed by atoms with E-state index in [9.17, 15) is 8.42 Å². The van der Waals surface area contributed by atoms with Crippen LogP contribution in [0.5, 0.6) is 5.75 Å². The zero-order chi connectivity index (χ0) is 12.2. The number of hydrogen-bond acceptors (Lipinski definition) is 4. The quantitative estimate of drug-likeness (QED) is 0.801. The second-order valence-electron chi connectivity index (χ2n) is 3.49. The number of nitrogen functional groups attached to an aromatic ring is 1. The first-order valence-corrected chi connectivity index (χ1v) is 6.91. The van der Waals surface area contributed by atoms with E-state index in [1.165, 1.54) is 12.1 Å². The van der Waals surface area contributed by atoms with E-state index in [1.54, 1.807) is 13.0 Å². The van der Waals surface area contributed by atoms with Gasteiger partial charge in [0.2, 0.25) is 0 Å². The van der Waals surface area contributed by atoms with E-state index in [0.717, 1.165) is 6.42 Å². The fourth-order valence-electron chi connectivity index (χ4n) is 1.24. The molecular weight excluding hydrogens is 226 g/mol. The fraction of sp³-hybridized carbons (Fsp3) is 0.455. The molecule has 0 spiro atoms. The predicted octanol–water partition coefficient (Wildman–Crippen LogP) is 1.85. The summed E-state index contributed by atoms with van der Waals surface area (Å²) in [7, 11) is -3.23. The van der Waals surface area contributed by atoms with Crippen LogP contribution in [0.3, 0.4) is 0 Å². The van der Waals surface area contributed by atoms with Gasteiger partial charge in [0, 0.05) is 11.8 Å². The van der Waals surface area contributed by atoms with Gasteiger partial charge in [0.05, 0.1) is 17.3 Å². The maximum atomic E-state index is 11.7. The van der Waals surface area contributed by atoms with E-state index < -0.39 is 9.84 Å². The molecule has 1 aromatic rings. The van der Waals surface area contributed by atoms with Crippen molar-refractivity contribution in [3.63, 3.8) is 0 Å². The van der Waals surface area contributed by atoms with E-state index in [-0.39, 0.29) is 10.6 Å². The molecule has 0 fully saturated rings. The molecule has 1 rings (SSSR count). The molecule has 5 heteroatoms. The zero-order valence-electron chi connectivity index (χ0n) is 9.56. The summed E-state index contributed by atoms with van der Waals surface area (Å²) in [6, 6.07) is 4.60. The van der Waals surface area contributed by atoms with Crippen LogP contribution < -0.4 is 10.5 Å². The van der Waals surface area contributed by atoms with Gasteiger partial charge in [-0.15, -0.1) is 0 Å². The van der Waals surface area contributed by atoms with Crippen LogP contribution in [0.2, 0.25) is 0 Å². The van der Waals surface area contributed by atoms with Gasteiger partial charge in [0.15, 0.2) is 9.84 Å². The normalized spacial score (nSPS) is 11.4. The van der Waals surface area contributed by atoms with Crippen LogP contribution in [-0.4, -0.2) is 20.8 Å². The smallest absolute Gasteiger partial charge is 0.178 e. The van der Waals surface area contributed by atoms with E-state index in [4.69, 9.17) is 10.5 Å². The molecule has 0 aliphatic heterocycles. The third-order valence-corrected chi connectivity index (χ3v) is 3.83. The first-order chi connectivity index (χ1) is 7.49. The number of nitrogens with two attached hydrogens (primary N) is 1. The topological polar surface area (TPSA) is 69.4 Å². The zero-order valence-corrected chi connectivity index (χ0v) is 10.4. The highest BCUT2D eigenvalue weighted by molar-refractivity contribution is 7.91. The molecule has 90 valence electrons. The molecular formula is C11H17NO3S. The minimum absolute atomic E-state index is 0.0592. The van der Waals surface area contributed by atoms with Crippen LogP contribution in [-0.2, 0) is 9.84 Å². The minimum Gasteiger partial charge on any atom is -0.493 e. The number of benzene rings is 1. The Morgan fingerprint density at radius 3 is 2.50 bits per heavy atom. The standard InChI is InChI=1S/C11H17NO3S/c1-3-5-15-10-6-9(12)7-11(8-10)16(13,14)4-2/h6-8H,3-5,12H2,1-2H3. The molecule has 0 heterocycles. The van der Waals surface area contributed by atoms with Gasteiger partial charge < -0.3 is 10.5 Å². The Morgan fingerprint density at radius 2 is 1.94 bits per heavy atom. The Kier molecular flexibility index (Phi) is 4.18. The van der Waals surface area contributed by atoms with Crippen LogP contribution in [0.25, 0.3) is 0 Å². The summed E-state index contributed by atoms with van der Waals surface area (Å²) in [5.41, 5.74) is 6.04. The first kappa shape index (κ1) is 12.8. The number of hydrogen-bond donors (Lipinski definition) is 1. The predicted molar refractivity (Wildman–Crippen MR) is 64.4 cm³/mol. The van der Waals surface area contributed by atoms with Gasteiger partial charge in [0.25, 0.3) is 0 Å². The SMILES string of the molecule is CCCOc1cc(N)cc(S(=O)(=O)CC)c1. The molecule has 0 aliphatic rings. The molecule has 0 aliphatic carbocycles. The maximum absolute atomic E-state index is 11.7. The van der Waals surface area contributed by atoms with Crippen LogP contribution in [0, 0.1) is 0 Å².